The largest absolute Gasteiger partial charge is 0.456 e. The van der Waals surface area contributed by atoms with Crippen molar-refractivity contribution in [2.24, 2.45) is 0 Å². The summed E-state index contributed by atoms with van der Waals surface area (Å²) in [6, 6.07) is 34.3. The molecular formula is C37H42N3O7P. The number of esters is 1. The second-order valence-corrected chi connectivity index (χ2v) is 12.8. The van der Waals surface area contributed by atoms with Crippen LogP contribution in [0, 0.1) is 0 Å². The number of carbonyl (C=O) groups is 3. The molecule has 48 heavy (non-hydrogen) atoms. The van der Waals surface area contributed by atoms with Crippen LogP contribution in [0.2, 0.25) is 0 Å². The summed E-state index contributed by atoms with van der Waals surface area (Å²) in [5.74, 6) is -0.586. The van der Waals surface area contributed by atoms with Crippen molar-refractivity contribution in [1.82, 2.24) is 15.5 Å². The molecule has 2 amide bonds. The Labute approximate surface area is 281 Å². The summed E-state index contributed by atoms with van der Waals surface area (Å²) in [5.41, 5.74) is 2.96. The normalized spacial score (nSPS) is 11.6. The van der Waals surface area contributed by atoms with E-state index in [-0.39, 0.29) is 38.2 Å². The molecule has 0 saturated heterocycles. The Morgan fingerprint density at radius 2 is 1.25 bits per heavy atom. The molecule has 0 radical (unpaired) electrons. The van der Waals surface area contributed by atoms with Gasteiger partial charge >= 0.3 is 13.6 Å². The predicted molar refractivity (Wildman–Crippen MR) is 186 cm³/mol. The summed E-state index contributed by atoms with van der Waals surface area (Å²) < 4.78 is 31.0. The van der Waals surface area contributed by atoms with Crippen LogP contribution in [0.3, 0.4) is 0 Å². The molecule has 4 rings (SSSR count). The van der Waals surface area contributed by atoms with E-state index >= 15 is 0 Å². The number of hydrogen-bond donors (Lipinski definition) is 2. The molecule has 11 heteroatoms. The van der Waals surface area contributed by atoms with E-state index in [1.165, 1.54) is 0 Å². The van der Waals surface area contributed by atoms with Crippen molar-refractivity contribution in [2.75, 3.05) is 32.5 Å². The Hall–Kier alpha value is -4.92. The molecule has 1 atom stereocenters. The van der Waals surface area contributed by atoms with E-state index in [0.29, 0.717) is 24.6 Å². The monoisotopic (exact) mass is 671 g/mol. The maximum atomic E-state index is 14.1. The lowest BCUT2D eigenvalue weighted by Crippen LogP contribution is -2.46. The van der Waals surface area contributed by atoms with Gasteiger partial charge in [-0.2, -0.15) is 0 Å². The molecule has 0 fully saturated rings. The fourth-order valence-corrected chi connectivity index (χ4v) is 6.34. The topological polar surface area (TPSA) is 123 Å². The molecule has 0 unspecified atom stereocenters. The number of benzene rings is 4. The number of rotatable bonds is 18. The lowest BCUT2D eigenvalue weighted by atomic mass is 10.0. The molecule has 0 saturated carbocycles. The van der Waals surface area contributed by atoms with Crippen LogP contribution in [-0.4, -0.2) is 61.3 Å². The highest BCUT2D eigenvalue weighted by Gasteiger charge is 2.31. The third-order valence-corrected chi connectivity index (χ3v) is 8.97. The van der Waals surface area contributed by atoms with Gasteiger partial charge in [-0.25, -0.2) is 4.57 Å². The van der Waals surface area contributed by atoms with Crippen molar-refractivity contribution in [3.8, 4) is 22.6 Å². The average molecular weight is 672 g/mol. The van der Waals surface area contributed by atoms with Crippen LogP contribution in [0.4, 0.5) is 0 Å². The van der Waals surface area contributed by atoms with E-state index < -0.39 is 25.5 Å². The molecule has 2 N–H and O–H groups in total. The standard InChI is InChI=1S/C37H42N3O7P/c1-3-40(4-2)35(41)27-45-36(42)24-25-38-37(43)34(26-29-20-22-31(23-21-29)30-14-8-5-9-15-30)39-28-48(44,46-32-16-10-6-11-17-32)47-33-18-12-7-13-19-33/h5-23,34,39H,3-4,24-28H2,1-2H3,(H,38,43)/t34-/m0/s1. The first kappa shape index (κ1) is 35.9. The number of carbonyl (C=O) groups excluding carboxylic acids is 3. The maximum absolute atomic E-state index is 14.1. The predicted octanol–water partition coefficient (Wildman–Crippen LogP) is 6.08. The van der Waals surface area contributed by atoms with Gasteiger partial charge in [0.15, 0.2) is 6.61 Å². The van der Waals surface area contributed by atoms with Crippen LogP contribution < -0.4 is 19.7 Å². The number of likely N-dealkylation sites (N-methyl/N-ethyl adjacent to an activating group) is 1. The third kappa shape index (κ3) is 11.4. The number of ether oxygens (including phenoxy) is 1. The number of nitrogens with zero attached hydrogens (tertiary/aromatic N) is 1. The van der Waals surface area contributed by atoms with E-state index in [1.807, 2.05) is 80.6 Å². The molecule has 4 aromatic carbocycles. The van der Waals surface area contributed by atoms with E-state index in [0.717, 1.165) is 16.7 Å². The molecule has 0 bridgehead atoms. The Morgan fingerprint density at radius 1 is 0.729 bits per heavy atom. The van der Waals surface area contributed by atoms with Crippen molar-refractivity contribution < 1.29 is 32.7 Å². The smallest absolute Gasteiger partial charge is 0.444 e. The van der Waals surface area contributed by atoms with Crippen LogP contribution in [0.1, 0.15) is 25.8 Å². The average Bonchev–Trinajstić information content (AvgIpc) is 3.11. The molecule has 252 valence electrons. The van der Waals surface area contributed by atoms with Crippen LogP contribution in [0.5, 0.6) is 11.5 Å². The van der Waals surface area contributed by atoms with E-state index in [4.69, 9.17) is 13.8 Å². The van der Waals surface area contributed by atoms with Gasteiger partial charge in [-0.15, -0.1) is 0 Å². The molecule has 10 nitrogen and oxygen atoms in total. The highest BCUT2D eigenvalue weighted by atomic mass is 31.2. The molecule has 0 aliphatic rings. The van der Waals surface area contributed by atoms with Crippen LogP contribution in [0.25, 0.3) is 11.1 Å². The highest BCUT2D eigenvalue weighted by molar-refractivity contribution is 7.54. The lowest BCUT2D eigenvalue weighted by Gasteiger charge is -2.24. The Balaban J connectivity index is 1.45. The van der Waals surface area contributed by atoms with Gasteiger partial charge in [0.25, 0.3) is 5.91 Å². The SMILES string of the molecule is CCN(CC)C(=O)COC(=O)CCNC(=O)[C@H](Cc1ccc(-c2ccccc2)cc1)NCP(=O)(Oc1ccccc1)Oc1ccccc1. The van der Waals surface area contributed by atoms with E-state index in [2.05, 4.69) is 10.6 Å². The third-order valence-electron chi connectivity index (χ3n) is 7.43. The quantitative estimate of drug-likeness (QED) is 0.0964. The van der Waals surface area contributed by atoms with Crippen LogP contribution in [0.15, 0.2) is 115 Å². The summed E-state index contributed by atoms with van der Waals surface area (Å²) in [7, 11) is -3.88. The molecule has 0 heterocycles. The molecule has 0 spiro atoms. The number of nitrogens with one attached hydrogen (secondary N) is 2. The minimum atomic E-state index is -3.88. The number of hydrogen-bond acceptors (Lipinski definition) is 8. The molecule has 0 aliphatic heterocycles. The summed E-state index contributed by atoms with van der Waals surface area (Å²) in [6.07, 6.45) is -0.157. The summed E-state index contributed by atoms with van der Waals surface area (Å²) in [4.78, 5) is 39.6. The summed E-state index contributed by atoms with van der Waals surface area (Å²) in [5, 5.41) is 5.88. The second kappa shape index (κ2) is 18.4. The van der Waals surface area contributed by atoms with Crippen molar-refractivity contribution >= 4 is 25.4 Å². The van der Waals surface area contributed by atoms with Crippen LogP contribution in [-0.2, 0) is 30.1 Å². The fraction of sp³-hybridized carbons (Fsp3) is 0.270. The fourth-order valence-electron chi connectivity index (χ4n) is 4.84. The Kier molecular flexibility index (Phi) is 13.8. The van der Waals surface area contributed by atoms with Gasteiger partial charge in [-0.3, -0.25) is 19.7 Å². The van der Waals surface area contributed by atoms with Gasteiger partial charge in [0.1, 0.15) is 17.8 Å². The van der Waals surface area contributed by atoms with Gasteiger partial charge in [-0.05, 0) is 61.2 Å². The van der Waals surface area contributed by atoms with Gasteiger partial charge in [-0.1, -0.05) is 91.0 Å². The highest BCUT2D eigenvalue weighted by Crippen LogP contribution is 2.47. The Bertz CT molecular complexity index is 1590. The van der Waals surface area contributed by atoms with E-state index in [1.54, 1.807) is 53.4 Å². The lowest BCUT2D eigenvalue weighted by molar-refractivity contribution is -0.151. The zero-order valence-corrected chi connectivity index (χ0v) is 28.1. The summed E-state index contributed by atoms with van der Waals surface area (Å²) >= 11 is 0. The first-order valence-electron chi connectivity index (χ1n) is 16.0. The summed E-state index contributed by atoms with van der Waals surface area (Å²) in [6.45, 7) is 4.37. The van der Waals surface area contributed by atoms with Crippen molar-refractivity contribution in [2.45, 2.75) is 32.7 Å². The molecular weight excluding hydrogens is 629 g/mol. The number of para-hydroxylation sites is 2. The minimum Gasteiger partial charge on any atom is -0.456 e. The van der Waals surface area contributed by atoms with Crippen molar-refractivity contribution in [3.63, 3.8) is 0 Å². The molecule has 4 aromatic rings. The zero-order valence-electron chi connectivity index (χ0n) is 27.2. The van der Waals surface area contributed by atoms with Crippen LogP contribution >= 0.6 is 7.60 Å². The molecule has 0 aliphatic carbocycles. The molecule has 0 aromatic heterocycles. The van der Waals surface area contributed by atoms with Gasteiger partial charge in [0.2, 0.25) is 5.91 Å². The zero-order chi connectivity index (χ0) is 34.2. The second-order valence-electron chi connectivity index (χ2n) is 10.9. The van der Waals surface area contributed by atoms with Crippen molar-refractivity contribution in [1.29, 1.82) is 0 Å². The van der Waals surface area contributed by atoms with Crippen molar-refractivity contribution in [3.05, 3.63) is 121 Å². The first-order chi connectivity index (χ1) is 23.3. The minimum absolute atomic E-state index is 0.0130. The van der Waals surface area contributed by atoms with Gasteiger partial charge < -0.3 is 24.0 Å². The van der Waals surface area contributed by atoms with Gasteiger partial charge in [0, 0.05) is 19.6 Å². The maximum Gasteiger partial charge on any atom is 0.444 e. The van der Waals surface area contributed by atoms with Gasteiger partial charge in [0.05, 0.1) is 12.5 Å². The van der Waals surface area contributed by atoms with E-state index in [9.17, 15) is 18.9 Å². The first-order valence-corrected chi connectivity index (χ1v) is 17.7. The number of amides is 2. The Morgan fingerprint density at radius 3 is 1.79 bits per heavy atom.